The summed E-state index contributed by atoms with van der Waals surface area (Å²) in [5.74, 6) is -6.32. The van der Waals surface area contributed by atoms with Crippen molar-refractivity contribution in [2.24, 2.45) is 0 Å². The van der Waals surface area contributed by atoms with Crippen LogP contribution in [0.4, 0.5) is 0 Å². The Morgan fingerprint density at radius 3 is 1.43 bits per heavy atom. The first-order valence-electron chi connectivity index (χ1n) is 24.1. The van der Waals surface area contributed by atoms with Crippen molar-refractivity contribution in [1.82, 2.24) is 0 Å². The summed E-state index contributed by atoms with van der Waals surface area (Å²) in [6, 6.07) is 37.7. The lowest BCUT2D eigenvalue weighted by molar-refractivity contribution is -0.145. The van der Waals surface area contributed by atoms with Crippen LogP contribution in [0.3, 0.4) is 0 Å². The van der Waals surface area contributed by atoms with Crippen molar-refractivity contribution in [3.63, 3.8) is 0 Å². The number of phenolic OH excluding ortho intramolecular Hbond substituents is 1. The maximum absolute atomic E-state index is 13.5. The van der Waals surface area contributed by atoms with Gasteiger partial charge in [-0.3, -0.25) is 28.8 Å². The van der Waals surface area contributed by atoms with Gasteiger partial charge in [-0.2, -0.15) is 0 Å². The second kappa shape index (κ2) is 26.8. The molecule has 2 N–H and O–H groups in total. The lowest BCUT2D eigenvalue weighted by Crippen LogP contribution is -2.16. The molecule has 0 aliphatic rings. The van der Waals surface area contributed by atoms with Crippen LogP contribution in [0.1, 0.15) is 63.9 Å². The molecule has 24 heteroatoms. The van der Waals surface area contributed by atoms with E-state index >= 15 is 0 Å². The smallest absolute Gasteiger partial charge is 0.311 e. The molecule has 0 bridgehead atoms. The Hall–Kier alpha value is -9.36. The lowest BCUT2D eigenvalue weighted by atomic mass is 10.1. The first-order valence-corrected chi connectivity index (χ1v) is 26.8. The average molecular weight is 1140 g/mol. The molecule has 0 aliphatic carbocycles. The Labute approximate surface area is 456 Å². The van der Waals surface area contributed by atoms with Gasteiger partial charge in [0.05, 0.1) is 10.8 Å². The number of carbonyl (C=O) groups excluding carboxylic acids is 3. The Bertz CT molecular complexity index is 3900. The van der Waals surface area contributed by atoms with Crippen molar-refractivity contribution in [3.8, 4) is 57.1 Å². The minimum atomic E-state index is -5.23. The van der Waals surface area contributed by atoms with Gasteiger partial charge in [-0.25, -0.2) is 16.8 Å². The zero-order valence-corrected chi connectivity index (χ0v) is 43.4. The highest BCUT2D eigenvalue weighted by Crippen LogP contribution is 2.39. The monoisotopic (exact) mass is 1140 g/mol. The predicted molar refractivity (Wildman–Crippen MR) is 283 cm³/mol. The number of carbonyl (C=O) groups is 4. The number of aromatic hydroxyl groups is 1. The fraction of sp³-hybridized carbons (Fsp3) is 0.179. The number of unbranched alkanes of at least 4 members (excludes halogenated alkanes) is 2. The number of esters is 3. The maximum Gasteiger partial charge on any atom is 0.311 e. The van der Waals surface area contributed by atoms with Gasteiger partial charge in [0.1, 0.15) is 24.4 Å². The van der Waals surface area contributed by atoms with Crippen LogP contribution in [0.5, 0.6) is 34.5 Å². The number of para-hydroxylation sites is 2. The molecule has 8 aromatic rings. The molecule has 80 heavy (non-hydrogen) atoms. The summed E-state index contributed by atoms with van der Waals surface area (Å²) in [4.78, 5) is 74.4. The van der Waals surface area contributed by atoms with E-state index in [2.05, 4.69) is 8.37 Å². The maximum atomic E-state index is 13.5. The van der Waals surface area contributed by atoms with Crippen molar-refractivity contribution < 1.29 is 92.9 Å². The number of carboxylic acids is 1. The highest BCUT2D eigenvalue weighted by Gasteiger charge is 2.25. The van der Waals surface area contributed by atoms with Gasteiger partial charge in [0.2, 0.25) is 22.4 Å². The Morgan fingerprint density at radius 1 is 0.500 bits per heavy atom. The lowest BCUT2D eigenvalue weighted by Gasteiger charge is -2.16. The number of ether oxygens (including phenoxy) is 4. The van der Waals surface area contributed by atoms with E-state index < -0.39 is 84.3 Å². The topological polar surface area (TPSA) is 339 Å². The van der Waals surface area contributed by atoms with Gasteiger partial charge >= 0.3 is 23.9 Å². The van der Waals surface area contributed by atoms with Crippen LogP contribution < -0.4 is 33.4 Å². The van der Waals surface area contributed by atoms with Crippen LogP contribution in [-0.4, -0.2) is 60.0 Å². The van der Waals surface area contributed by atoms with Crippen molar-refractivity contribution in [2.75, 3.05) is 0 Å². The molecule has 6 aromatic carbocycles. The van der Waals surface area contributed by atoms with E-state index in [4.69, 9.17) is 32.9 Å². The van der Waals surface area contributed by atoms with Crippen LogP contribution in [0, 0.1) is 0 Å². The van der Waals surface area contributed by atoms with Crippen molar-refractivity contribution in [1.29, 1.82) is 0 Å². The Kier molecular flexibility index (Phi) is 19.5. The summed E-state index contributed by atoms with van der Waals surface area (Å²) in [5, 5.41) is 18.7. The molecule has 0 saturated heterocycles. The van der Waals surface area contributed by atoms with Gasteiger partial charge in [0, 0.05) is 38.2 Å². The van der Waals surface area contributed by atoms with Crippen molar-refractivity contribution >= 4 is 66.6 Å². The molecule has 0 amide bonds. The third-order valence-corrected chi connectivity index (χ3v) is 12.0. The fourth-order valence-corrected chi connectivity index (χ4v) is 8.25. The van der Waals surface area contributed by atoms with Crippen molar-refractivity contribution in [3.05, 3.63) is 177 Å². The van der Waals surface area contributed by atoms with Crippen LogP contribution in [-0.2, 0) is 57.9 Å². The molecule has 0 fully saturated rings. The number of rotatable bonds is 23. The molecule has 418 valence electrons. The second-order valence-electron chi connectivity index (χ2n) is 17.2. The van der Waals surface area contributed by atoms with E-state index in [1.165, 1.54) is 36.4 Å². The highest BCUT2D eigenvalue weighted by molar-refractivity contribution is 7.81. The summed E-state index contributed by atoms with van der Waals surface area (Å²) < 4.78 is 110. The molecule has 0 atom stereocenters. The van der Waals surface area contributed by atoms with Crippen LogP contribution >= 0.6 is 0 Å². The number of hydrogen-bond acceptors (Lipinski definition) is 21. The van der Waals surface area contributed by atoms with E-state index in [9.17, 15) is 59.8 Å². The summed E-state index contributed by atoms with van der Waals surface area (Å²) in [6.07, 6.45) is 0.730. The van der Waals surface area contributed by atoms with Crippen LogP contribution in [0.15, 0.2) is 164 Å². The van der Waals surface area contributed by atoms with E-state index in [0.717, 1.165) is 29.3 Å². The highest BCUT2D eigenvalue weighted by atomic mass is 32.3. The van der Waals surface area contributed by atoms with Gasteiger partial charge in [-0.1, -0.05) is 84.9 Å². The van der Waals surface area contributed by atoms with E-state index in [1.54, 1.807) is 54.6 Å². The minimum Gasteiger partial charge on any atom is -0.716 e. The SMILES string of the molecule is O=C(CCCCC(=O)Oc1c(-c2ccc(OCc3ccccc3)c(OS(=O)(=O)[O-])c2)oc2ccccc2c1=O)OCc1ccccc1.O=C(O)CCCCC(=O)Oc1c(-c2ccc(O)c(OS(=O)(=O)[O-])c2)oc2ccccc2c1=O.[HH]. The number of phenols is 1. The molecule has 2 aromatic heterocycles. The molecule has 2 heterocycles. The quantitative estimate of drug-likeness (QED) is 0.0261. The summed E-state index contributed by atoms with van der Waals surface area (Å²) >= 11 is 0. The van der Waals surface area contributed by atoms with Gasteiger partial charge in [0.25, 0.3) is 20.8 Å². The largest absolute Gasteiger partial charge is 0.716 e. The molecule has 0 aliphatic heterocycles. The third-order valence-electron chi connectivity index (χ3n) is 11.3. The molecule has 0 saturated carbocycles. The molecule has 0 radical (unpaired) electrons. The number of fused-ring (bicyclic) bond motifs is 2. The van der Waals surface area contributed by atoms with E-state index in [-0.39, 0.29) is 110 Å². The number of carboxylic acid groups (broad SMARTS) is 1. The summed E-state index contributed by atoms with van der Waals surface area (Å²) in [6.45, 7) is 0.185. The van der Waals surface area contributed by atoms with Gasteiger partial charge in [-0.15, -0.1) is 0 Å². The fourth-order valence-electron chi connectivity index (χ4n) is 7.55. The van der Waals surface area contributed by atoms with Crippen molar-refractivity contribution in [2.45, 2.75) is 64.6 Å². The number of aliphatic carboxylic acids is 1. The van der Waals surface area contributed by atoms with Crippen LogP contribution in [0.25, 0.3) is 44.6 Å². The summed E-state index contributed by atoms with van der Waals surface area (Å²) in [7, 11) is -10.5. The summed E-state index contributed by atoms with van der Waals surface area (Å²) in [5.41, 5.74) is 0.630. The number of hydrogen-bond donors (Lipinski definition) is 2. The molecular formula is C56H48O22S2-2. The molecule has 22 nitrogen and oxygen atoms in total. The van der Waals surface area contributed by atoms with E-state index in [1.807, 2.05) is 36.4 Å². The predicted octanol–water partition coefficient (Wildman–Crippen LogP) is 8.89. The number of benzene rings is 6. The van der Waals surface area contributed by atoms with Gasteiger partial charge in [-0.05, 0) is 97.5 Å². The standard InChI is InChI=1S/C35H30O11S.C21H18O11S.H2/c36-31(43-23-25-13-5-2-6-14-25)17-9-10-18-32(37)45-35-33(38)27-15-7-8-16-28(27)44-34(35)26-19-20-29(30(21-26)46-47(39,40)41)42-22-24-11-3-1-4-12-24;22-14-10-9-12(11-16(14)32-33(27,28)29)20-21(31-18(25)8-4-3-7-17(23)24)19(26)13-5-1-2-6-15(13)30-20;/h1-8,11-16,19-21H,9-10,17-18,22-23H2,(H,39,40,41);1-2,5-6,9-11,22H,3-4,7-8H2,(H,23,24)(H,27,28,29);1H/p-2. The molecule has 8 rings (SSSR count). The third kappa shape index (κ3) is 16.8. The first-order chi connectivity index (χ1) is 38.2. The Balaban J connectivity index is 0.000000274. The van der Waals surface area contributed by atoms with Gasteiger partial charge in [0.15, 0.2) is 34.5 Å². The molecular weight excluding hydrogens is 1090 g/mol. The molecule has 0 unspecified atom stereocenters. The second-order valence-corrected chi connectivity index (χ2v) is 19.1. The van der Waals surface area contributed by atoms with E-state index in [0.29, 0.717) is 6.42 Å². The van der Waals surface area contributed by atoms with Gasteiger partial charge < -0.3 is 55.5 Å². The first kappa shape index (κ1) is 58.3. The zero-order valence-electron chi connectivity index (χ0n) is 41.8. The Morgan fingerprint density at radius 2 is 0.925 bits per heavy atom. The minimum absolute atomic E-state index is 0. The molecule has 0 spiro atoms. The average Bonchev–Trinajstić information content (AvgIpc) is 3.45. The normalized spacial score (nSPS) is 11.2. The van der Waals surface area contributed by atoms with Crippen LogP contribution in [0.2, 0.25) is 0 Å². The zero-order chi connectivity index (χ0) is 57.4.